The van der Waals surface area contributed by atoms with Gasteiger partial charge in [0.15, 0.2) is 16.7 Å². The van der Waals surface area contributed by atoms with E-state index in [0.29, 0.717) is 5.57 Å². The number of aliphatic carboxylic acids is 1. The lowest BCUT2D eigenvalue weighted by Gasteiger charge is -2.49. The number of phenols is 3. The van der Waals surface area contributed by atoms with Gasteiger partial charge in [-0.2, -0.15) is 0 Å². The van der Waals surface area contributed by atoms with Crippen molar-refractivity contribution in [3.8, 4) is 17.2 Å². The standard InChI is InChI=1S/C27H24N6O10S2/c1-32-24(41)22(39)30-31-27(32)45-10-13-9-44-25-18(23(40)33(25)19(13)26(42)43)29-21(38)17(11-2-5-14(34)6-3-11)28-20(37)12-4-7-15(35)16(36)8-12/h2-8,17-18,25,34-36H,9-10H2,1H3,(H,28,37)(H,29,38)(H,30,39)(H,42,43)/t17?,18?,25-/m1/s1. The summed E-state index contributed by atoms with van der Waals surface area (Å²) in [5.74, 6) is -4.57. The molecule has 0 saturated carbocycles. The quantitative estimate of drug-likeness (QED) is 0.0671. The maximum Gasteiger partial charge on any atom is 0.352 e. The van der Waals surface area contributed by atoms with Gasteiger partial charge >= 0.3 is 17.1 Å². The van der Waals surface area contributed by atoms with Gasteiger partial charge in [-0.1, -0.05) is 23.9 Å². The van der Waals surface area contributed by atoms with Crippen LogP contribution in [-0.2, 0) is 21.4 Å². The zero-order valence-electron chi connectivity index (χ0n) is 23.1. The number of nitrogens with one attached hydrogen (secondary N) is 3. The molecule has 2 aromatic carbocycles. The molecule has 3 atom stereocenters. The number of thioether (sulfide) groups is 2. The van der Waals surface area contributed by atoms with Crippen LogP contribution in [0.2, 0.25) is 0 Å². The summed E-state index contributed by atoms with van der Waals surface area (Å²) in [7, 11) is 1.35. The van der Waals surface area contributed by atoms with E-state index in [9.17, 15) is 49.2 Å². The van der Waals surface area contributed by atoms with E-state index in [4.69, 9.17) is 0 Å². The van der Waals surface area contributed by atoms with Gasteiger partial charge in [-0.05, 0) is 41.5 Å². The number of benzene rings is 2. The van der Waals surface area contributed by atoms with Gasteiger partial charge in [0.1, 0.15) is 28.9 Å². The van der Waals surface area contributed by atoms with Gasteiger partial charge in [0.25, 0.3) is 11.8 Å². The lowest BCUT2D eigenvalue weighted by Crippen LogP contribution is -2.71. The second kappa shape index (κ2) is 12.4. The van der Waals surface area contributed by atoms with Crippen LogP contribution >= 0.6 is 23.5 Å². The monoisotopic (exact) mass is 656 g/mol. The first-order valence-corrected chi connectivity index (χ1v) is 15.0. The van der Waals surface area contributed by atoms with E-state index >= 15 is 0 Å². The fourth-order valence-electron chi connectivity index (χ4n) is 4.62. The highest BCUT2D eigenvalue weighted by atomic mass is 32.2. The fraction of sp³-hybridized carbons (Fsp3) is 0.222. The summed E-state index contributed by atoms with van der Waals surface area (Å²) in [6.07, 6.45) is 0. The molecule has 2 aliphatic heterocycles. The van der Waals surface area contributed by atoms with Gasteiger partial charge in [0, 0.05) is 24.1 Å². The average Bonchev–Trinajstić information content (AvgIpc) is 3.02. The van der Waals surface area contributed by atoms with Gasteiger partial charge in [0.05, 0.1) is 0 Å². The predicted molar refractivity (Wildman–Crippen MR) is 159 cm³/mol. The number of carboxylic acids is 1. The highest BCUT2D eigenvalue weighted by Crippen LogP contribution is 2.41. The second-order valence-electron chi connectivity index (χ2n) is 9.84. The van der Waals surface area contributed by atoms with Gasteiger partial charge in [-0.15, -0.1) is 16.9 Å². The number of β-lactam (4-membered cyclic amide) rings is 1. The van der Waals surface area contributed by atoms with Gasteiger partial charge < -0.3 is 31.1 Å². The maximum atomic E-state index is 13.5. The van der Waals surface area contributed by atoms with E-state index in [0.717, 1.165) is 33.4 Å². The van der Waals surface area contributed by atoms with Crippen molar-refractivity contribution in [1.82, 2.24) is 30.3 Å². The molecule has 0 spiro atoms. The Morgan fingerprint density at radius 3 is 2.47 bits per heavy atom. The van der Waals surface area contributed by atoms with Crippen LogP contribution in [0.3, 0.4) is 0 Å². The minimum atomic E-state index is -1.37. The summed E-state index contributed by atoms with van der Waals surface area (Å²) in [5, 5.41) is 49.4. The van der Waals surface area contributed by atoms with Crippen molar-refractivity contribution in [3.63, 3.8) is 0 Å². The minimum absolute atomic E-state index is 0.0380. The van der Waals surface area contributed by atoms with Crippen molar-refractivity contribution in [3.05, 3.63) is 85.6 Å². The molecule has 0 bridgehead atoms. The van der Waals surface area contributed by atoms with Gasteiger partial charge in [-0.3, -0.25) is 33.4 Å². The van der Waals surface area contributed by atoms with Crippen LogP contribution in [0.15, 0.2) is 68.5 Å². The number of hydrogen-bond donors (Lipinski definition) is 7. The Balaban J connectivity index is 1.34. The molecule has 18 heteroatoms. The molecule has 0 radical (unpaired) electrons. The van der Waals surface area contributed by atoms with Crippen LogP contribution in [0, 0.1) is 0 Å². The van der Waals surface area contributed by atoms with E-state index in [2.05, 4.69) is 20.8 Å². The van der Waals surface area contributed by atoms with Crippen molar-refractivity contribution in [2.45, 2.75) is 22.6 Å². The lowest BCUT2D eigenvalue weighted by molar-refractivity contribution is -0.151. The summed E-state index contributed by atoms with van der Waals surface area (Å²) in [6, 6.07) is 6.19. The van der Waals surface area contributed by atoms with E-state index in [1.807, 2.05) is 0 Å². The molecule has 7 N–H and O–H groups in total. The van der Waals surface area contributed by atoms with Crippen molar-refractivity contribution in [1.29, 1.82) is 0 Å². The van der Waals surface area contributed by atoms with Crippen LogP contribution in [0.4, 0.5) is 0 Å². The fourth-order valence-corrected chi connectivity index (χ4v) is 7.02. The normalized spacial score (nSPS) is 18.1. The number of fused-ring (bicyclic) bond motifs is 1. The number of aromatic amines is 1. The molecule has 45 heavy (non-hydrogen) atoms. The Morgan fingerprint density at radius 1 is 1.09 bits per heavy atom. The van der Waals surface area contributed by atoms with Gasteiger partial charge in [-0.25, -0.2) is 9.89 Å². The number of hydrogen-bond acceptors (Lipinski definition) is 12. The Kier molecular flexibility index (Phi) is 8.60. The molecule has 3 heterocycles. The molecule has 3 aromatic rings. The number of nitrogens with zero attached hydrogens (tertiary/aromatic N) is 3. The van der Waals surface area contributed by atoms with Crippen molar-refractivity contribution in [2.75, 3.05) is 11.5 Å². The van der Waals surface area contributed by atoms with Crippen molar-refractivity contribution >= 4 is 47.2 Å². The number of H-pyrrole nitrogens is 1. The van der Waals surface area contributed by atoms with Crippen molar-refractivity contribution < 1.29 is 39.6 Å². The van der Waals surface area contributed by atoms with Crippen LogP contribution < -0.4 is 21.8 Å². The van der Waals surface area contributed by atoms with E-state index in [1.54, 1.807) is 0 Å². The first kappa shape index (κ1) is 31.2. The summed E-state index contributed by atoms with van der Waals surface area (Å²) in [5.41, 5.74) is -1.48. The molecule has 2 aliphatic rings. The Labute approximate surface area is 260 Å². The third-order valence-corrected chi connectivity index (χ3v) is 9.42. The number of amides is 3. The molecule has 1 saturated heterocycles. The molecule has 2 unspecified atom stereocenters. The summed E-state index contributed by atoms with van der Waals surface area (Å²) in [6.45, 7) is 0. The van der Waals surface area contributed by atoms with E-state index < -0.39 is 63.8 Å². The molecule has 0 aliphatic carbocycles. The van der Waals surface area contributed by atoms with Crippen LogP contribution in [-0.4, -0.2) is 86.7 Å². The molecule has 1 fully saturated rings. The summed E-state index contributed by atoms with van der Waals surface area (Å²) < 4.78 is 1.03. The topological polar surface area (TPSA) is 244 Å². The molecular weight excluding hydrogens is 632 g/mol. The number of phenolic OH excluding ortho intramolecular Hbond substituents is 3. The molecule has 3 amide bonds. The third kappa shape index (κ3) is 6.09. The van der Waals surface area contributed by atoms with Crippen LogP contribution in [0.25, 0.3) is 0 Å². The highest BCUT2D eigenvalue weighted by molar-refractivity contribution is 8.01. The first-order chi connectivity index (χ1) is 21.4. The number of carbonyl (C=O) groups is 4. The third-order valence-electron chi connectivity index (χ3n) is 6.96. The van der Waals surface area contributed by atoms with Crippen molar-refractivity contribution in [2.24, 2.45) is 7.05 Å². The maximum absolute atomic E-state index is 13.5. The second-order valence-corrected chi connectivity index (χ2v) is 11.9. The smallest absolute Gasteiger partial charge is 0.352 e. The SMILES string of the molecule is Cn1c(SCC2=C(C(=O)O)N3C(=O)C(NC(=O)C(NC(=O)c4ccc(O)c(O)c4)c4ccc(O)cc4)[C@H]3SC2)n[nH]c(=O)c1=O. The Bertz CT molecular complexity index is 1870. The largest absolute Gasteiger partial charge is 0.508 e. The number of rotatable bonds is 9. The zero-order chi connectivity index (χ0) is 32.6. The number of carbonyl (C=O) groups excluding carboxylic acids is 3. The Hall–Kier alpha value is -5.23. The zero-order valence-corrected chi connectivity index (χ0v) is 24.7. The summed E-state index contributed by atoms with van der Waals surface area (Å²) in [4.78, 5) is 76.4. The van der Waals surface area contributed by atoms with E-state index in [-0.39, 0.29) is 39.2 Å². The summed E-state index contributed by atoms with van der Waals surface area (Å²) >= 11 is 2.20. The molecule has 5 rings (SSSR count). The molecule has 234 valence electrons. The number of aromatic hydroxyl groups is 3. The highest BCUT2D eigenvalue weighted by Gasteiger charge is 2.54. The molecular formula is C27H24N6O10S2. The average molecular weight is 657 g/mol. The van der Waals surface area contributed by atoms with Crippen LogP contribution in [0.1, 0.15) is 22.0 Å². The number of carboxylic acid groups (broad SMARTS) is 1. The number of aromatic nitrogens is 3. The van der Waals surface area contributed by atoms with Crippen LogP contribution in [0.5, 0.6) is 17.2 Å². The lowest BCUT2D eigenvalue weighted by atomic mass is 10.0. The first-order valence-electron chi connectivity index (χ1n) is 13.0. The predicted octanol–water partition coefficient (Wildman–Crippen LogP) is -0.413. The van der Waals surface area contributed by atoms with E-state index in [1.165, 1.54) is 49.1 Å². The molecule has 16 nitrogen and oxygen atoms in total. The Morgan fingerprint density at radius 2 is 1.80 bits per heavy atom. The van der Waals surface area contributed by atoms with Gasteiger partial charge in [0.2, 0.25) is 5.91 Å². The minimum Gasteiger partial charge on any atom is -0.508 e. The molecule has 1 aromatic heterocycles.